The van der Waals surface area contributed by atoms with Gasteiger partial charge in [0.1, 0.15) is 24.7 Å². The Kier molecular flexibility index (Phi) is 8.61. The van der Waals surface area contributed by atoms with Crippen molar-refractivity contribution in [3.63, 3.8) is 0 Å². The van der Waals surface area contributed by atoms with Crippen LogP contribution >= 0.6 is 0 Å². The zero-order valence-corrected chi connectivity index (χ0v) is 19.0. The first-order valence-corrected chi connectivity index (χ1v) is 11.2. The molecule has 0 saturated carbocycles. The van der Waals surface area contributed by atoms with Gasteiger partial charge in [-0.3, -0.25) is 9.59 Å². The predicted octanol–water partition coefficient (Wildman–Crippen LogP) is 2.10. The first-order chi connectivity index (χ1) is 16.3. The number of hydrogen-bond acceptors (Lipinski definition) is 5. The molecule has 2 aromatic rings. The van der Waals surface area contributed by atoms with Crippen molar-refractivity contribution >= 4 is 23.9 Å². The number of nitrogens with zero attached hydrogens (tertiary/aromatic N) is 1. The maximum atomic E-state index is 12.9. The van der Waals surface area contributed by atoms with Gasteiger partial charge < -0.3 is 25.4 Å². The number of amides is 3. The molecule has 0 spiro atoms. The molecular formula is C25H29N3O6. The van der Waals surface area contributed by atoms with Crippen molar-refractivity contribution < 1.29 is 29.0 Å². The Hall–Kier alpha value is -3.88. The molecule has 0 unspecified atom stereocenters. The van der Waals surface area contributed by atoms with Crippen molar-refractivity contribution in [3.05, 3.63) is 71.8 Å². The van der Waals surface area contributed by atoms with E-state index in [1.165, 1.54) is 11.8 Å². The number of alkyl carbamates (subject to hydrolysis) is 1. The number of nitrogens with one attached hydrogen (secondary N) is 2. The molecule has 180 valence electrons. The van der Waals surface area contributed by atoms with Crippen LogP contribution in [0, 0.1) is 0 Å². The van der Waals surface area contributed by atoms with Crippen LogP contribution in [-0.2, 0) is 32.1 Å². The first-order valence-electron chi connectivity index (χ1n) is 11.2. The summed E-state index contributed by atoms with van der Waals surface area (Å²) in [5.41, 5.74) is 1.60. The molecule has 3 atom stereocenters. The Labute approximate surface area is 198 Å². The second-order valence-corrected chi connectivity index (χ2v) is 8.21. The molecule has 3 amide bonds. The summed E-state index contributed by atoms with van der Waals surface area (Å²) < 4.78 is 5.16. The molecule has 9 heteroatoms. The molecule has 1 fully saturated rings. The zero-order valence-electron chi connectivity index (χ0n) is 19.0. The van der Waals surface area contributed by atoms with Gasteiger partial charge >= 0.3 is 12.1 Å². The van der Waals surface area contributed by atoms with Gasteiger partial charge in [0.2, 0.25) is 11.8 Å². The Morgan fingerprint density at radius 3 is 2.24 bits per heavy atom. The molecule has 1 aliphatic heterocycles. The lowest BCUT2D eigenvalue weighted by molar-refractivity contribution is -0.144. The van der Waals surface area contributed by atoms with Gasteiger partial charge in [0.05, 0.1) is 0 Å². The number of carbonyl (C=O) groups excluding carboxylic acids is 3. The molecule has 0 bridgehead atoms. The first kappa shape index (κ1) is 24.8. The normalized spacial score (nSPS) is 16.9. The highest BCUT2D eigenvalue weighted by molar-refractivity contribution is 5.93. The molecule has 0 aromatic heterocycles. The van der Waals surface area contributed by atoms with E-state index >= 15 is 0 Å². The van der Waals surface area contributed by atoms with Crippen LogP contribution in [0.1, 0.15) is 30.9 Å². The third-order valence-electron chi connectivity index (χ3n) is 5.65. The molecule has 0 aliphatic carbocycles. The third kappa shape index (κ3) is 6.81. The number of likely N-dealkylation sites (tertiary alicyclic amines) is 1. The second kappa shape index (κ2) is 11.8. The number of benzene rings is 2. The summed E-state index contributed by atoms with van der Waals surface area (Å²) in [5, 5.41) is 14.6. The van der Waals surface area contributed by atoms with Crippen LogP contribution in [0.4, 0.5) is 4.79 Å². The number of aliphatic carboxylic acids is 1. The average Bonchev–Trinajstić information content (AvgIpc) is 3.33. The minimum absolute atomic E-state index is 0.0698. The van der Waals surface area contributed by atoms with E-state index in [0.29, 0.717) is 19.4 Å². The monoisotopic (exact) mass is 467 g/mol. The zero-order chi connectivity index (χ0) is 24.5. The van der Waals surface area contributed by atoms with Crippen LogP contribution in [0.5, 0.6) is 0 Å². The van der Waals surface area contributed by atoms with Gasteiger partial charge in [-0.15, -0.1) is 0 Å². The minimum atomic E-state index is -1.15. The minimum Gasteiger partial charge on any atom is -0.480 e. The maximum Gasteiger partial charge on any atom is 0.408 e. The van der Waals surface area contributed by atoms with Crippen LogP contribution in [0.15, 0.2) is 60.7 Å². The van der Waals surface area contributed by atoms with E-state index in [1.54, 1.807) is 24.3 Å². The highest BCUT2D eigenvalue weighted by Crippen LogP contribution is 2.19. The molecule has 9 nitrogen and oxygen atoms in total. The molecule has 1 heterocycles. The molecule has 3 N–H and O–H groups in total. The number of ether oxygens (including phenoxy) is 1. The van der Waals surface area contributed by atoms with Crippen LogP contribution in [0.25, 0.3) is 0 Å². The summed E-state index contributed by atoms with van der Waals surface area (Å²) in [4.78, 5) is 51.0. The van der Waals surface area contributed by atoms with E-state index in [2.05, 4.69) is 10.6 Å². The highest BCUT2D eigenvalue weighted by Gasteiger charge is 2.37. The molecule has 34 heavy (non-hydrogen) atoms. The lowest BCUT2D eigenvalue weighted by atomic mass is 10.1. The summed E-state index contributed by atoms with van der Waals surface area (Å²) in [6, 6.07) is 15.3. The molecule has 1 aliphatic rings. The van der Waals surface area contributed by atoms with Gasteiger partial charge in [-0.1, -0.05) is 60.7 Å². The topological polar surface area (TPSA) is 125 Å². The number of rotatable bonds is 9. The van der Waals surface area contributed by atoms with Gasteiger partial charge in [-0.25, -0.2) is 9.59 Å². The van der Waals surface area contributed by atoms with Crippen molar-refractivity contribution in [2.75, 3.05) is 6.54 Å². The fourth-order valence-electron chi connectivity index (χ4n) is 3.87. The van der Waals surface area contributed by atoms with Crippen molar-refractivity contribution in [2.45, 2.75) is 50.9 Å². The van der Waals surface area contributed by atoms with Crippen LogP contribution in [-0.4, -0.2) is 58.6 Å². The van der Waals surface area contributed by atoms with Gasteiger partial charge in [0.15, 0.2) is 0 Å². The number of carboxylic acid groups (broad SMARTS) is 1. The predicted molar refractivity (Wildman–Crippen MR) is 124 cm³/mol. The Balaban J connectivity index is 1.55. The van der Waals surface area contributed by atoms with E-state index in [4.69, 9.17) is 4.74 Å². The quantitative estimate of drug-likeness (QED) is 0.519. The van der Waals surface area contributed by atoms with E-state index in [-0.39, 0.29) is 13.0 Å². The fourth-order valence-corrected chi connectivity index (χ4v) is 3.87. The Morgan fingerprint density at radius 1 is 1.00 bits per heavy atom. The van der Waals surface area contributed by atoms with Crippen molar-refractivity contribution in [1.29, 1.82) is 0 Å². The summed E-state index contributed by atoms with van der Waals surface area (Å²) in [7, 11) is 0. The van der Waals surface area contributed by atoms with E-state index in [0.717, 1.165) is 11.1 Å². The number of carbonyl (C=O) groups is 4. The summed E-state index contributed by atoms with van der Waals surface area (Å²) >= 11 is 0. The molecule has 3 rings (SSSR count). The molecule has 2 aromatic carbocycles. The molecule has 1 saturated heterocycles. The van der Waals surface area contributed by atoms with E-state index in [1.807, 2.05) is 36.4 Å². The third-order valence-corrected chi connectivity index (χ3v) is 5.65. The van der Waals surface area contributed by atoms with Crippen molar-refractivity contribution in [2.24, 2.45) is 0 Å². The molecule has 0 radical (unpaired) electrons. The largest absolute Gasteiger partial charge is 0.480 e. The van der Waals surface area contributed by atoms with Crippen molar-refractivity contribution in [1.82, 2.24) is 15.5 Å². The van der Waals surface area contributed by atoms with E-state index < -0.39 is 42.0 Å². The van der Waals surface area contributed by atoms with Crippen LogP contribution in [0.3, 0.4) is 0 Å². The number of carboxylic acids is 1. The fraction of sp³-hybridized carbons (Fsp3) is 0.360. The number of hydrogen-bond donors (Lipinski definition) is 3. The summed E-state index contributed by atoms with van der Waals surface area (Å²) in [6.45, 7) is 1.94. The van der Waals surface area contributed by atoms with Gasteiger partial charge in [0, 0.05) is 13.0 Å². The smallest absolute Gasteiger partial charge is 0.408 e. The van der Waals surface area contributed by atoms with Crippen LogP contribution in [0.2, 0.25) is 0 Å². The summed E-state index contributed by atoms with van der Waals surface area (Å²) in [6.07, 6.45) is 0.415. The maximum absolute atomic E-state index is 12.9. The molecular weight excluding hydrogens is 438 g/mol. The van der Waals surface area contributed by atoms with Gasteiger partial charge in [-0.2, -0.15) is 0 Å². The van der Waals surface area contributed by atoms with Crippen LogP contribution < -0.4 is 10.6 Å². The Morgan fingerprint density at radius 2 is 1.62 bits per heavy atom. The van der Waals surface area contributed by atoms with Crippen molar-refractivity contribution in [3.8, 4) is 0 Å². The average molecular weight is 468 g/mol. The van der Waals surface area contributed by atoms with Gasteiger partial charge in [-0.05, 0) is 30.9 Å². The Bertz CT molecular complexity index is 998. The lowest BCUT2D eigenvalue weighted by Gasteiger charge is -2.28. The summed E-state index contributed by atoms with van der Waals surface area (Å²) in [5.74, 6) is -2.10. The SMILES string of the molecule is C[C@H](NC(=O)OCc1ccccc1)C(=O)N1CCC[C@H]1C(=O)N[C@@H](Cc1ccccc1)C(=O)O. The van der Waals surface area contributed by atoms with E-state index in [9.17, 15) is 24.3 Å². The second-order valence-electron chi connectivity index (χ2n) is 8.21. The van der Waals surface area contributed by atoms with Gasteiger partial charge in [0.25, 0.3) is 0 Å². The standard InChI is InChI=1S/C25H29N3O6/c1-17(26-25(33)34-16-19-11-6-3-7-12-19)23(30)28-14-8-13-21(28)22(29)27-20(24(31)32)15-18-9-4-2-5-10-18/h2-7,9-12,17,20-21H,8,13-16H2,1H3,(H,26,33)(H,27,29)(H,31,32)/t17-,20-,21-/m0/s1. The lowest BCUT2D eigenvalue weighted by Crippen LogP contribution is -2.55. The highest BCUT2D eigenvalue weighted by atomic mass is 16.5.